The molecule has 186 valence electrons. The molecule has 0 spiro atoms. The van der Waals surface area contributed by atoms with Gasteiger partial charge in [-0.1, -0.05) is 69.3 Å². The number of carbonyl (C=O) groups is 3. The number of carbonyl (C=O) groups excluding carboxylic acids is 2. The average molecular weight is 481 g/mol. The van der Waals surface area contributed by atoms with Gasteiger partial charge in [0.2, 0.25) is 5.91 Å². The number of nitrogens with one attached hydrogen (secondary N) is 2. The first-order valence-corrected chi connectivity index (χ1v) is 11.9. The topological polar surface area (TPSA) is 114 Å². The maximum absolute atomic E-state index is 12.9. The van der Waals surface area contributed by atoms with Crippen LogP contribution in [0.25, 0.3) is 11.1 Å². The Balaban J connectivity index is 1.37. The Morgan fingerprint density at radius 3 is 2.20 bits per heavy atom. The van der Waals surface area contributed by atoms with Crippen molar-refractivity contribution in [3.05, 3.63) is 59.7 Å². The van der Waals surface area contributed by atoms with Crippen LogP contribution in [0.4, 0.5) is 4.79 Å². The Morgan fingerprint density at radius 1 is 1.03 bits per heavy atom. The minimum Gasteiger partial charge on any atom is -0.481 e. The zero-order valence-corrected chi connectivity index (χ0v) is 20.2. The highest BCUT2D eigenvalue weighted by Crippen LogP contribution is 2.44. The summed E-state index contributed by atoms with van der Waals surface area (Å²) in [7, 11) is 0. The molecule has 1 saturated heterocycles. The molecule has 0 bridgehead atoms. The number of alkyl carbamates (subject to hydrolysis) is 1. The monoisotopic (exact) mass is 480 g/mol. The van der Waals surface area contributed by atoms with Crippen LogP contribution in [0.3, 0.4) is 0 Å². The molecule has 4 rings (SSSR count). The quantitative estimate of drug-likeness (QED) is 0.559. The standard InChI is InChI=1S/C27H32N2O6/c1-27(2,3)23(12-24(30)31)29-25(32)21-13-34-15-22(21)28-26(33)35-14-20-18-10-6-4-8-16(18)17-9-5-7-11-19(17)20/h4-11,20-23H,12-15H2,1-3H3,(H,28,33)(H,29,32)(H,30,31). The van der Waals surface area contributed by atoms with Gasteiger partial charge >= 0.3 is 12.1 Å². The summed E-state index contributed by atoms with van der Waals surface area (Å²) in [4.78, 5) is 36.9. The van der Waals surface area contributed by atoms with Crippen molar-refractivity contribution >= 4 is 18.0 Å². The van der Waals surface area contributed by atoms with E-state index in [-0.39, 0.29) is 38.1 Å². The van der Waals surface area contributed by atoms with Crippen molar-refractivity contribution in [2.45, 2.75) is 45.2 Å². The predicted octanol–water partition coefficient (Wildman–Crippen LogP) is 3.55. The van der Waals surface area contributed by atoms with E-state index in [1.54, 1.807) is 0 Å². The average Bonchev–Trinajstić information content (AvgIpc) is 3.39. The van der Waals surface area contributed by atoms with Gasteiger partial charge < -0.3 is 25.2 Å². The van der Waals surface area contributed by atoms with Crippen LogP contribution in [0.1, 0.15) is 44.2 Å². The van der Waals surface area contributed by atoms with Crippen LogP contribution < -0.4 is 10.6 Å². The number of fused-ring (bicyclic) bond motifs is 3. The van der Waals surface area contributed by atoms with Crippen molar-refractivity contribution in [1.82, 2.24) is 10.6 Å². The number of benzene rings is 2. The predicted molar refractivity (Wildman–Crippen MR) is 130 cm³/mol. The van der Waals surface area contributed by atoms with Crippen LogP contribution in [-0.4, -0.2) is 55.0 Å². The van der Waals surface area contributed by atoms with Crippen LogP contribution in [0.5, 0.6) is 0 Å². The smallest absolute Gasteiger partial charge is 0.407 e. The molecule has 2 amide bonds. The van der Waals surface area contributed by atoms with Gasteiger partial charge in [-0.3, -0.25) is 9.59 Å². The molecule has 2 aliphatic rings. The summed E-state index contributed by atoms with van der Waals surface area (Å²) in [5.41, 5.74) is 4.09. The minimum atomic E-state index is -0.985. The second kappa shape index (κ2) is 10.1. The molecule has 1 fully saturated rings. The molecule has 3 N–H and O–H groups in total. The molecule has 2 aromatic rings. The summed E-state index contributed by atoms with van der Waals surface area (Å²) in [5, 5.41) is 14.8. The van der Waals surface area contributed by atoms with Crippen LogP contribution in [0.15, 0.2) is 48.5 Å². The third-order valence-corrected chi connectivity index (χ3v) is 6.80. The molecule has 3 atom stereocenters. The lowest BCUT2D eigenvalue weighted by atomic mass is 9.84. The number of carboxylic acids is 1. The molecule has 35 heavy (non-hydrogen) atoms. The van der Waals surface area contributed by atoms with E-state index < -0.39 is 35.5 Å². The highest BCUT2D eigenvalue weighted by atomic mass is 16.5. The number of amides is 2. The van der Waals surface area contributed by atoms with E-state index >= 15 is 0 Å². The van der Waals surface area contributed by atoms with E-state index in [4.69, 9.17) is 9.47 Å². The van der Waals surface area contributed by atoms with Gasteiger partial charge in [-0.2, -0.15) is 0 Å². The van der Waals surface area contributed by atoms with Crippen molar-refractivity contribution in [2.24, 2.45) is 11.3 Å². The summed E-state index contributed by atoms with van der Waals surface area (Å²) in [5.74, 6) is -2.02. The molecular formula is C27H32N2O6. The van der Waals surface area contributed by atoms with E-state index in [1.807, 2.05) is 45.0 Å². The number of aliphatic carboxylic acids is 1. The SMILES string of the molecule is CC(C)(C)C(CC(=O)O)NC(=O)C1COCC1NC(=O)OCC1c2ccccc2-c2ccccc21. The first-order valence-electron chi connectivity index (χ1n) is 11.9. The first-order chi connectivity index (χ1) is 16.6. The molecule has 0 saturated carbocycles. The Morgan fingerprint density at radius 2 is 1.63 bits per heavy atom. The van der Waals surface area contributed by atoms with Crippen molar-refractivity contribution in [2.75, 3.05) is 19.8 Å². The van der Waals surface area contributed by atoms with Crippen molar-refractivity contribution < 1.29 is 29.0 Å². The van der Waals surface area contributed by atoms with Gasteiger partial charge in [0.15, 0.2) is 0 Å². The Hall–Kier alpha value is -3.39. The zero-order valence-electron chi connectivity index (χ0n) is 20.2. The molecule has 8 nitrogen and oxygen atoms in total. The molecular weight excluding hydrogens is 448 g/mol. The van der Waals surface area contributed by atoms with Gasteiger partial charge in [-0.15, -0.1) is 0 Å². The Kier molecular flexibility index (Phi) is 7.12. The fraction of sp³-hybridized carbons (Fsp3) is 0.444. The summed E-state index contributed by atoms with van der Waals surface area (Å²) in [6, 6.07) is 15.1. The lowest BCUT2D eigenvalue weighted by Gasteiger charge is -2.31. The van der Waals surface area contributed by atoms with E-state index in [9.17, 15) is 19.5 Å². The highest BCUT2D eigenvalue weighted by Gasteiger charge is 2.38. The summed E-state index contributed by atoms with van der Waals surface area (Å²) >= 11 is 0. The number of hydrogen-bond acceptors (Lipinski definition) is 5. The maximum atomic E-state index is 12.9. The van der Waals surface area contributed by atoms with Gasteiger partial charge in [0.05, 0.1) is 31.6 Å². The Bertz CT molecular complexity index is 1060. The van der Waals surface area contributed by atoms with Crippen LogP contribution in [-0.2, 0) is 19.1 Å². The summed E-state index contributed by atoms with van der Waals surface area (Å²) < 4.78 is 11.1. The van der Waals surface area contributed by atoms with Crippen LogP contribution in [0.2, 0.25) is 0 Å². The number of carboxylic acid groups (broad SMARTS) is 1. The van der Waals surface area contributed by atoms with E-state index in [0.29, 0.717) is 0 Å². The van der Waals surface area contributed by atoms with E-state index in [1.165, 1.54) is 0 Å². The Labute approximate surface area is 205 Å². The summed E-state index contributed by atoms with van der Waals surface area (Å²) in [6.07, 6.45) is -0.800. The molecule has 2 aromatic carbocycles. The molecule has 8 heteroatoms. The number of rotatable bonds is 7. The second-order valence-corrected chi connectivity index (χ2v) is 10.2. The molecule has 0 radical (unpaired) electrons. The van der Waals surface area contributed by atoms with Gasteiger partial charge in [0.25, 0.3) is 0 Å². The fourth-order valence-electron chi connectivity index (χ4n) is 4.77. The third-order valence-electron chi connectivity index (χ3n) is 6.80. The number of hydrogen-bond donors (Lipinski definition) is 3. The minimum absolute atomic E-state index is 0.0596. The number of ether oxygens (including phenoxy) is 2. The molecule has 1 heterocycles. The second-order valence-electron chi connectivity index (χ2n) is 10.2. The van der Waals surface area contributed by atoms with Gasteiger partial charge in [0, 0.05) is 12.0 Å². The lowest BCUT2D eigenvalue weighted by Crippen LogP contribution is -2.52. The first kappa shape index (κ1) is 24.7. The van der Waals surface area contributed by atoms with Crippen LogP contribution >= 0.6 is 0 Å². The fourth-order valence-corrected chi connectivity index (χ4v) is 4.77. The van der Waals surface area contributed by atoms with Crippen LogP contribution in [0, 0.1) is 11.3 Å². The molecule has 0 aromatic heterocycles. The van der Waals surface area contributed by atoms with Gasteiger partial charge in [-0.25, -0.2) is 4.79 Å². The lowest BCUT2D eigenvalue weighted by molar-refractivity contribution is -0.138. The molecule has 3 unspecified atom stereocenters. The van der Waals surface area contributed by atoms with E-state index in [2.05, 4.69) is 34.9 Å². The normalized spacial score (nSPS) is 20.0. The maximum Gasteiger partial charge on any atom is 0.407 e. The van der Waals surface area contributed by atoms with Crippen molar-refractivity contribution in [3.8, 4) is 11.1 Å². The zero-order chi connectivity index (χ0) is 25.2. The van der Waals surface area contributed by atoms with Crippen molar-refractivity contribution in [3.63, 3.8) is 0 Å². The van der Waals surface area contributed by atoms with Crippen molar-refractivity contribution in [1.29, 1.82) is 0 Å². The molecule has 1 aliphatic carbocycles. The summed E-state index contributed by atoms with van der Waals surface area (Å²) in [6.45, 7) is 6.12. The largest absolute Gasteiger partial charge is 0.481 e. The molecule has 1 aliphatic heterocycles. The van der Waals surface area contributed by atoms with E-state index in [0.717, 1.165) is 22.3 Å². The highest BCUT2D eigenvalue weighted by molar-refractivity contribution is 5.82. The van der Waals surface area contributed by atoms with Gasteiger partial charge in [0.1, 0.15) is 6.61 Å². The third kappa shape index (κ3) is 5.48. The van der Waals surface area contributed by atoms with Gasteiger partial charge in [-0.05, 0) is 27.7 Å².